The molecule has 26 heavy (non-hydrogen) atoms. The van der Waals surface area contributed by atoms with E-state index < -0.39 is 0 Å². The van der Waals surface area contributed by atoms with Crippen LogP contribution in [-0.2, 0) is 19.4 Å². The summed E-state index contributed by atoms with van der Waals surface area (Å²) in [4.78, 5) is 18.7. The van der Waals surface area contributed by atoms with Gasteiger partial charge in [-0.15, -0.1) is 24.8 Å². The van der Waals surface area contributed by atoms with Crippen molar-refractivity contribution in [3.8, 4) is 0 Å². The number of anilines is 1. The number of rotatable bonds is 3. The molecule has 4 rings (SSSR count). The summed E-state index contributed by atoms with van der Waals surface area (Å²) in [5.74, 6) is 1.47. The summed E-state index contributed by atoms with van der Waals surface area (Å²) in [7, 11) is 1.99. The highest BCUT2D eigenvalue weighted by atomic mass is 35.5. The number of nitrogens with zero attached hydrogens (tertiary/aromatic N) is 4. The van der Waals surface area contributed by atoms with Crippen LogP contribution in [0.5, 0.6) is 0 Å². The summed E-state index contributed by atoms with van der Waals surface area (Å²) < 4.78 is 13.3. The third-order valence-electron chi connectivity index (χ3n) is 4.34. The van der Waals surface area contributed by atoms with Crippen LogP contribution >= 0.6 is 24.8 Å². The summed E-state index contributed by atoms with van der Waals surface area (Å²) >= 11 is 0. The molecule has 0 atom stereocenters. The smallest absolute Gasteiger partial charge is 0.135 e. The number of nitrogens with one attached hydrogen (secondary N) is 2. The van der Waals surface area contributed by atoms with E-state index in [1.165, 1.54) is 17.7 Å². The molecule has 0 saturated carbocycles. The summed E-state index contributed by atoms with van der Waals surface area (Å²) in [5, 5.41) is 3.39. The van der Waals surface area contributed by atoms with E-state index in [0.717, 1.165) is 48.8 Å². The van der Waals surface area contributed by atoms with Gasteiger partial charge in [-0.2, -0.15) is 0 Å². The van der Waals surface area contributed by atoms with Crippen molar-refractivity contribution in [3.05, 3.63) is 47.4 Å². The van der Waals surface area contributed by atoms with Crippen LogP contribution < -0.4 is 10.2 Å². The van der Waals surface area contributed by atoms with Gasteiger partial charge < -0.3 is 15.2 Å². The number of hydrogen-bond donors (Lipinski definition) is 2. The lowest BCUT2D eigenvalue weighted by Crippen LogP contribution is -2.21. The number of aromatic nitrogens is 4. The van der Waals surface area contributed by atoms with Gasteiger partial charge in [-0.25, -0.2) is 19.3 Å². The number of benzene rings is 1. The van der Waals surface area contributed by atoms with Gasteiger partial charge in [0.25, 0.3) is 0 Å². The summed E-state index contributed by atoms with van der Waals surface area (Å²) in [6.07, 6.45) is 3.47. The van der Waals surface area contributed by atoms with Gasteiger partial charge in [-0.3, -0.25) is 0 Å². The highest BCUT2D eigenvalue weighted by Crippen LogP contribution is 2.23. The van der Waals surface area contributed by atoms with E-state index >= 15 is 0 Å². The Morgan fingerprint density at radius 3 is 2.81 bits per heavy atom. The molecule has 6 nitrogen and oxygen atoms in total. The lowest BCUT2D eigenvalue weighted by molar-refractivity contribution is 0.629. The predicted molar refractivity (Wildman–Crippen MR) is 105 cm³/mol. The minimum atomic E-state index is -0.264. The third-order valence-corrected chi connectivity index (χ3v) is 4.34. The lowest BCUT2D eigenvalue weighted by Gasteiger charge is -2.20. The van der Waals surface area contributed by atoms with Gasteiger partial charge in [-0.1, -0.05) is 0 Å². The van der Waals surface area contributed by atoms with Crippen molar-refractivity contribution in [2.24, 2.45) is 0 Å². The number of fused-ring (bicyclic) bond motifs is 2. The molecule has 3 aromatic rings. The van der Waals surface area contributed by atoms with E-state index in [2.05, 4.69) is 30.2 Å². The molecule has 0 bridgehead atoms. The van der Waals surface area contributed by atoms with Gasteiger partial charge in [0.05, 0.1) is 23.3 Å². The first-order chi connectivity index (χ1) is 11.7. The Bertz CT molecular complexity index is 885. The average molecular weight is 399 g/mol. The molecule has 140 valence electrons. The van der Waals surface area contributed by atoms with E-state index in [-0.39, 0.29) is 30.6 Å². The summed E-state index contributed by atoms with van der Waals surface area (Å²) in [5.41, 5.74) is 3.80. The van der Waals surface area contributed by atoms with E-state index in [9.17, 15) is 4.39 Å². The maximum atomic E-state index is 13.3. The van der Waals surface area contributed by atoms with Crippen LogP contribution in [0.1, 0.15) is 17.1 Å². The molecule has 2 aromatic heterocycles. The monoisotopic (exact) mass is 398 g/mol. The first kappa shape index (κ1) is 20.4. The van der Waals surface area contributed by atoms with Crippen LogP contribution in [-0.4, -0.2) is 40.1 Å². The van der Waals surface area contributed by atoms with Gasteiger partial charge in [0.1, 0.15) is 23.8 Å². The van der Waals surface area contributed by atoms with Crippen LogP contribution in [0.4, 0.5) is 10.2 Å². The maximum absolute atomic E-state index is 13.3. The predicted octanol–water partition coefficient (Wildman–Crippen LogP) is 2.66. The Morgan fingerprint density at radius 2 is 1.96 bits per heavy atom. The van der Waals surface area contributed by atoms with Crippen LogP contribution in [0.25, 0.3) is 11.0 Å². The number of hydrogen-bond acceptors (Lipinski definition) is 5. The van der Waals surface area contributed by atoms with Gasteiger partial charge in [0, 0.05) is 25.6 Å². The van der Waals surface area contributed by atoms with Gasteiger partial charge in [-0.05, 0) is 31.2 Å². The van der Waals surface area contributed by atoms with Crippen molar-refractivity contribution in [1.82, 2.24) is 25.3 Å². The highest BCUT2D eigenvalue weighted by Gasteiger charge is 2.17. The largest absolute Gasteiger partial charge is 0.352 e. The van der Waals surface area contributed by atoms with Gasteiger partial charge in [0.15, 0.2) is 0 Å². The van der Waals surface area contributed by atoms with E-state index in [0.29, 0.717) is 12.1 Å². The van der Waals surface area contributed by atoms with Crippen molar-refractivity contribution in [2.75, 3.05) is 25.0 Å². The molecule has 1 aliphatic rings. The van der Waals surface area contributed by atoms with Crippen LogP contribution in [0.2, 0.25) is 0 Å². The maximum Gasteiger partial charge on any atom is 0.135 e. The molecule has 0 radical (unpaired) electrons. The Hall–Kier alpha value is -1.96. The molecule has 2 N–H and O–H groups in total. The Labute approximate surface area is 163 Å². The second-order valence-electron chi connectivity index (χ2n) is 6.07. The zero-order chi connectivity index (χ0) is 16.5. The van der Waals surface area contributed by atoms with Gasteiger partial charge in [0.2, 0.25) is 0 Å². The topological polar surface area (TPSA) is 69.7 Å². The molecular formula is C17H21Cl2FN6. The Kier molecular flexibility index (Phi) is 6.75. The zero-order valence-corrected chi connectivity index (χ0v) is 16.0. The van der Waals surface area contributed by atoms with Crippen LogP contribution in [0.3, 0.4) is 0 Å². The molecule has 1 aromatic carbocycles. The highest BCUT2D eigenvalue weighted by molar-refractivity contribution is 5.85. The molecule has 0 aliphatic carbocycles. The fraction of sp³-hybridized carbons (Fsp3) is 0.353. The van der Waals surface area contributed by atoms with E-state index in [4.69, 9.17) is 0 Å². The Balaban J connectivity index is 0.00000121. The number of halogens is 3. The normalized spacial score (nSPS) is 13.3. The first-order valence-electron chi connectivity index (χ1n) is 8.09. The fourth-order valence-corrected chi connectivity index (χ4v) is 3.19. The quantitative estimate of drug-likeness (QED) is 0.709. The average Bonchev–Trinajstić information content (AvgIpc) is 2.80. The molecular weight excluding hydrogens is 378 g/mol. The second-order valence-corrected chi connectivity index (χ2v) is 6.07. The number of H-pyrrole nitrogens is 1. The second kappa shape index (κ2) is 8.62. The summed E-state index contributed by atoms with van der Waals surface area (Å²) in [6.45, 7) is 2.46. The molecule has 0 amide bonds. The number of aromatic amines is 1. The van der Waals surface area contributed by atoms with E-state index in [1.807, 2.05) is 7.05 Å². The lowest BCUT2D eigenvalue weighted by atomic mass is 10.1. The van der Waals surface area contributed by atoms with Crippen molar-refractivity contribution >= 4 is 41.7 Å². The molecule has 3 heterocycles. The van der Waals surface area contributed by atoms with Crippen LogP contribution in [0, 0.1) is 5.82 Å². The zero-order valence-electron chi connectivity index (χ0n) is 14.3. The van der Waals surface area contributed by atoms with Crippen molar-refractivity contribution in [3.63, 3.8) is 0 Å². The minimum Gasteiger partial charge on any atom is -0.352 e. The SMILES string of the molecule is CN(Cc1nc2ccc(F)cc2[nH]1)c1ncnc2c1CCNCC2.Cl.Cl. The molecule has 0 spiro atoms. The molecule has 1 aliphatic heterocycles. The summed E-state index contributed by atoms with van der Waals surface area (Å²) in [6, 6.07) is 4.58. The third kappa shape index (κ3) is 4.06. The molecule has 0 fully saturated rings. The van der Waals surface area contributed by atoms with E-state index in [1.54, 1.807) is 12.4 Å². The molecule has 9 heteroatoms. The first-order valence-corrected chi connectivity index (χ1v) is 8.09. The molecule has 0 saturated heterocycles. The molecule has 0 unspecified atom stereocenters. The standard InChI is InChI=1S/C17H19FN6.2ClH/c1-24(9-16-22-14-3-2-11(18)8-15(14)23-16)17-12-4-6-19-7-5-13(12)20-10-21-17;;/h2-3,8,10,19H,4-7,9H2,1H3,(H,22,23);2*1H. The number of imidazole rings is 1. The Morgan fingerprint density at radius 1 is 1.15 bits per heavy atom. The van der Waals surface area contributed by atoms with Crippen molar-refractivity contribution in [2.45, 2.75) is 19.4 Å². The fourth-order valence-electron chi connectivity index (χ4n) is 3.19. The van der Waals surface area contributed by atoms with Gasteiger partial charge >= 0.3 is 0 Å². The van der Waals surface area contributed by atoms with Crippen LogP contribution in [0.15, 0.2) is 24.5 Å². The van der Waals surface area contributed by atoms with Crippen molar-refractivity contribution < 1.29 is 4.39 Å². The van der Waals surface area contributed by atoms with Crippen molar-refractivity contribution in [1.29, 1.82) is 0 Å². The minimum absolute atomic E-state index is 0.